The Kier molecular flexibility index (Phi) is 3.59. The largest absolute Gasteiger partial charge is 0.378 e. The molecule has 1 fully saturated rings. The van der Waals surface area contributed by atoms with Crippen LogP contribution in [0.2, 0.25) is 0 Å². The molecule has 2 aliphatic heterocycles. The summed E-state index contributed by atoms with van der Waals surface area (Å²) in [7, 11) is 0. The highest BCUT2D eigenvalue weighted by molar-refractivity contribution is 8.19. The van der Waals surface area contributed by atoms with Gasteiger partial charge >= 0.3 is 0 Å². The highest BCUT2D eigenvalue weighted by Gasteiger charge is 2.21. The van der Waals surface area contributed by atoms with Gasteiger partial charge in [0.15, 0.2) is 0 Å². The van der Waals surface area contributed by atoms with Crippen molar-refractivity contribution in [3.05, 3.63) is 41.4 Å². The van der Waals surface area contributed by atoms with Gasteiger partial charge in [-0.3, -0.25) is 4.79 Å². The molecule has 2 aliphatic rings. The van der Waals surface area contributed by atoms with Gasteiger partial charge in [0.1, 0.15) is 5.04 Å². The van der Waals surface area contributed by atoms with E-state index < -0.39 is 0 Å². The predicted molar refractivity (Wildman–Crippen MR) is 90.8 cm³/mol. The summed E-state index contributed by atoms with van der Waals surface area (Å²) in [6.07, 6.45) is 1.81. The Balaban J connectivity index is 1.66. The highest BCUT2D eigenvalue weighted by Crippen LogP contribution is 2.29. The van der Waals surface area contributed by atoms with Crippen LogP contribution in [0.25, 0.3) is 10.9 Å². The number of aliphatic imine (C=N–C) groups is 1. The Bertz CT molecular complexity index is 843. The lowest BCUT2D eigenvalue weighted by Gasteiger charge is -2.26. The van der Waals surface area contributed by atoms with Gasteiger partial charge in [-0.05, 0) is 12.1 Å². The molecule has 0 radical (unpaired) electrons. The number of morpholine rings is 1. The van der Waals surface area contributed by atoms with Gasteiger partial charge in [-0.2, -0.15) is 0 Å². The minimum absolute atomic E-state index is 0.260. The Morgan fingerprint density at radius 3 is 2.83 bits per heavy atom. The Labute approximate surface area is 137 Å². The molecular formula is C16H14N4O2S. The zero-order valence-corrected chi connectivity index (χ0v) is 13.2. The molecule has 1 aromatic carbocycles. The molecule has 0 atom stereocenters. The van der Waals surface area contributed by atoms with Gasteiger partial charge in [-0.1, -0.05) is 24.4 Å². The van der Waals surface area contributed by atoms with E-state index in [1.165, 1.54) is 11.8 Å². The standard InChI is InChI=1S/C16H14N4O2S/c1-10-14(21)19-15(23-10)11-2-3-13-12(8-11)9-17-16(18-13)20-4-6-22-7-5-20/h2-3,8-9H,1,4-7H2. The molecule has 23 heavy (non-hydrogen) atoms. The summed E-state index contributed by atoms with van der Waals surface area (Å²) in [5.41, 5.74) is 1.76. The third-order valence-corrected chi connectivity index (χ3v) is 4.71. The second-order valence-electron chi connectivity index (χ2n) is 5.29. The first-order valence-corrected chi connectivity index (χ1v) is 8.12. The van der Waals surface area contributed by atoms with Crippen LogP contribution in [0.15, 0.2) is 40.9 Å². The van der Waals surface area contributed by atoms with Gasteiger partial charge in [0.25, 0.3) is 5.91 Å². The van der Waals surface area contributed by atoms with Gasteiger partial charge in [-0.15, -0.1) is 0 Å². The molecule has 116 valence electrons. The van der Waals surface area contributed by atoms with Crippen LogP contribution < -0.4 is 4.90 Å². The van der Waals surface area contributed by atoms with Crippen LogP contribution in [0.3, 0.4) is 0 Å². The third-order valence-electron chi connectivity index (χ3n) is 3.77. The topological polar surface area (TPSA) is 67.7 Å². The summed E-state index contributed by atoms with van der Waals surface area (Å²) in [4.78, 5) is 27.2. The first kappa shape index (κ1) is 14.3. The van der Waals surface area contributed by atoms with Crippen LogP contribution in [-0.4, -0.2) is 47.2 Å². The normalized spacial score (nSPS) is 18.6. The third kappa shape index (κ3) is 2.73. The zero-order chi connectivity index (χ0) is 15.8. The summed E-state index contributed by atoms with van der Waals surface area (Å²) >= 11 is 1.30. The molecule has 0 spiro atoms. The summed E-state index contributed by atoms with van der Waals surface area (Å²) in [5, 5.41) is 1.60. The SMILES string of the molecule is C=C1SC(c2ccc3nc(N4CCOCC4)ncc3c2)=NC1=O. The van der Waals surface area contributed by atoms with E-state index in [0.717, 1.165) is 35.5 Å². The summed E-state index contributed by atoms with van der Waals surface area (Å²) in [6, 6.07) is 5.82. The monoisotopic (exact) mass is 326 g/mol. The maximum atomic E-state index is 11.5. The number of ether oxygens (including phenoxy) is 1. The summed E-state index contributed by atoms with van der Waals surface area (Å²) in [5.74, 6) is 0.466. The molecule has 0 N–H and O–H groups in total. The Hall–Kier alpha value is -2.25. The van der Waals surface area contributed by atoms with Crippen LogP contribution in [0.5, 0.6) is 0 Å². The number of carbonyl (C=O) groups excluding carboxylic acids is 1. The molecule has 4 rings (SSSR count). The molecule has 6 nitrogen and oxygen atoms in total. The number of fused-ring (bicyclic) bond motifs is 1. The molecule has 0 saturated carbocycles. The van der Waals surface area contributed by atoms with Crippen molar-refractivity contribution in [1.82, 2.24) is 9.97 Å². The Morgan fingerprint density at radius 2 is 2.09 bits per heavy atom. The molecule has 7 heteroatoms. The van der Waals surface area contributed by atoms with Crippen molar-refractivity contribution in [2.24, 2.45) is 4.99 Å². The van der Waals surface area contributed by atoms with E-state index in [4.69, 9.17) is 4.74 Å². The van der Waals surface area contributed by atoms with Crippen LogP contribution in [-0.2, 0) is 9.53 Å². The minimum atomic E-state index is -0.260. The van der Waals surface area contributed by atoms with E-state index in [-0.39, 0.29) is 5.91 Å². The van der Waals surface area contributed by atoms with Crippen LogP contribution in [0.1, 0.15) is 5.56 Å². The fraction of sp³-hybridized carbons (Fsp3) is 0.250. The molecule has 0 unspecified atom stereocenters. The molecule has 0 bridgehead atoms. The molecular weight excluding hydrogens is 312 g/mol. The molecule has 1 amide bonds. The smallest absolute Gasteiger partial charge is 0.284 e. The number of hydrogen-bond donors (Lipinski definition) is 0. The van der Waals surface area contributed by atoms with E-state index in [1.54, 1.807) is 0 Å². The molecule has 2 aromatic rings. The van der Waals surface area contributed by atoms with Crippen molar-refractivity contribution in [3.8, 4) is 0 Å². The van der Waals surface area contributed by atoms with Gasteiger partial charge in [0.2, 0.25) is 5.95 Å². The zero-order valence-electron chi connectivity index (χ0n) is 12.4. The fourth-order valence-corrected chi connectivity index (χ4v) is 3.27. The number of rotatable bonds is 2. The first-order chi connectivity index (χ1) is 11.2. The number of nitrogens with zero attached hydrogens (tertiary/aromatic N) is 4. The molecule has 0 aliphatic carbocycles. The average molecular weight is 326 g/mol. The fourth-order valence-electron chi connectivity index (χ4n) is 2.53. The van der Waals surface area contributed by atoms with E-state index in [0.29, 0.717) is 23.2 Å². The van der Waals surface area contributed by atoms with Crippen LogP contribution in [0.4, 0.5) is 5.95 Å². The van der Waals surface area contributed by atoms with Crippen LogP contribution in [0, 0.1) is 0 Å². The van der Waals surface area contributed by atoms with Crippen molar-refractivity contribution >= 4 is 39.6 Å². The maximum Gasteiger partial charge on any atom is 0.284 e. The molecule has 3 heterocycles. The van der Waals surface area contributed by atoms with Gasteiger partial charge in [0, 0.05) is 30.2 Å². The predicted octanol–water partition coefficient (Wildman–Crippen LogP) is 2.00. The van der Waals surface area contributed by atoms with Crippen molar-refractivity contribution in [2.75, 3.05) is 31.2 Å². The van der Waals surface area contributed by atoms with Gasteiger partial charge < -0.3 is 9.64 Å². The number of hydrogen-bond acceptors (Lipinski definition) is 6. The minimum Gasteiger partial charge on any atom is -0.378 e. The number of amides is 1. The Morgan fingerprint density at radius 1 is 1.26 bits per heavy atom. The van der Waals surface area contributed by atoms with Crippen molar-refractivity contribution in [3.63, 3.8) is 0 Å². The number of benzene rings is 1. The maximum absolute atomic E-state index is 11.5. The van der Waals surface area contributed by atoms with Crippen molar-refractivity contribution in [1.29, 1.82) is 0 Å². The first-order valence-electron chi connectivity index (χ1n) is 7.30. The van der Waals surface area contributed by atoms with E-state index in [9.17, 15) is 4.79 Å². The second kappa shape index (κ2) is 5.75. The lowest BCUT2D eigenvalue weighted by molar-refractivity contribution is -0.113. The van der Waals surface area contributed by atoms with Crippen molar-refractivity contribution < 1.29 is 9.53 Å². The number of anilines is 1. The lowest BCUT2D eigenvalue weighted by Crippen LogP contribution is -2.37. The quantitative estimate of drug-likeness (QED) is 0.786. The summed E-state index contributed by atoms with van der Waals surface area (Å²) in [6.45, 7) is 6.72. The highest BCUT2D eigenvalue weighted by atomic mass is 32.2. The van der Waals surface area contributed by atoms with Gasteiger partial charge in [0.05, 0.1) is 23.6 Å². The van der Waals surface area contributed by atoms with E-state index in [1.807, 2.05) is 24.4 Å². The number of carbonyl (C=O) groups is 1. The number of aromatic nitrogens is 2. The van der Waals surface area contributed by atoms with E-state index in [2.05, 4.69) is 26.4 Å². The summed E-state index contributed by atoms with van der Waals surface area (Å²) < 4.78 is 5.35. The second-order valence-corrected chi connectivity index (χ2v) is 6.37. The van der Waals surface area contributed by atoms with Gasteiger partial charge in [-0.25, -0.2) is 15.0 Å². The number of thioether (sulfide) groups is 1. The van der Waals surface area contributed by atoms with Crippen molar-refractivity contribution in [2.45, 2.75) is 0 Å². The molecule has 1 saturated heterocycles. The average Bonchev–Trinajstić information content (AvgIpc) is 2.94. The van der Waals surface area contributed by atoms with E-state index >= 15 is 0 Å². The molecule has 1 aromatic heterocycles. The lowest BCUT2D eigenvalue weighted by atomic mass is 10.1. The van der Waals surface area contributed by atoms with Crippen LogP contribution >= 0.6 is 11.8 Å².